The van der Waals surface area contributed by atoms with Crippen molar-refractivity contribution in [2.75, 3.05) is 10.2 Å². The Hall–Kier alpha value is -4.36. The van der Waals surface area contributed by atoms with Gasteiger partial charge in [0.2, 0.25) is 18.3 Å². The third-order valence-corrected chi connectivity index (χ3v) is 8.07. The zero-order valence-corrected chi connectivity index (χ0v) is 22.3. The van der Waals surface area contributed by atoms with Crippen molar-refractivity contribution in [3.8, 4) is 10.6 Å². The van der Waals surface area contributed by atoms with E-state index in [0.29, 0.717) is 5.69 Å². The van der Waals surface area contributed by atoms with Crippen LogP contribution in [0.4, 0.5) is 11.4 Å². The number of nitrogens with one attached hydrogen (secondary N) is 1. The summed E-state index contributed by atoms with van der Waals surface area (Å²) in [5, 5.41) is 4.04. The highest BCUT2D eigenvalue weighted by Gasteiger charge is 2.43. The molecular formula is C31H27N4O2S+. The minimum atomic E-state index is -0.812. The van der Waals surface area contributed by atoms with Gasteiger partial charge in [0, 0.05) is 29.1 Å². The van der Waals surface area contributed by atoms with E-state index in [-0.39, 0.29) is 18.4 Å². The topological polar surface area (TPSA) is 66.2 Å². The number of thiazole rings is 1. The molecule has 1 aliphatic rings. The number of amides is 2. The van der Waals surface area contributed by atoms with E-state index in [9.17, 15) is 9.59 Å². The molecule has 6 rings (SSSR count). The molecule has 0 aliphatic carbocycles. The Morgan fingerprint density at radius 3 is 2.50 bits per heavy atom. The van der Waals surface area contributed by atoms with Crippen molar-refractivity contribution in [2.24, 2.45) is 0 Å². The van der Waals surface area contributed by atoms with Gasteiger partial charge in [-0.1, -0.05) is 30.3 Å². The van der Waals surface area contributed by atoms with Gasteiger partial charge in [0.25, 0.3) is 11.8 Å². The molecule has 3 heterocycles. The van der Waals surface area contributed by atoms with E-state index in [2.05, 4.69) is 24.4 Å². The first-order valence-electron chi connectivity index (χ1n) is 12.5. The molecule has 188 valence electrons. The fourth-order valence-electron chi connectivity index (χ4n) is 5.05. The Morgan fingerprint density at radius 2 is 1.74 bits per heavy atom. The predicted octanol–water partition coefficient (Wildman–Crippen LogP) is 5.90. The molecule has 0 radical (unpaired) electrons. The Labute approximate surface area is 225 Å². The van der Waals surface area contributed by atoms with Crippen molar-refractivity contribution in [3.05, 3.63) is 107 Å². The first-order chi connectivity index (χ1) is 18.4. The molecule has 0 saturated heterocycles. The lowest BCUT2D eigenvalue weighted by Gasteiger charge is -2.32. The molecule has 0 bridgehead atoms. The monoisotopic (exact) mass is 519 g/mol. The van der Waals surface area contributed by atoms with Gasteiger partial charge in [0.15, 0.2) is 6.20 Å². The molecule has 2 amide bonds. The molecule has 2 aromatic heterocycles. The molecule has 5 aromatic rings. The lowest BCUT2D eigenvalue weighted by molar-refractivity contribution is -0.695. The second-order valence-electron chi connectivity index (χ2n) is 9.71. The van der Waals surface area contributed by atoms with Crippen molar-refractivity contribution < 1.29 is 14.2 Å². The summed E-state index contributed by atoms with van der Waals surface area (Å²) < 4.78 is 3.00. The Morgan fingerprint density at radius 1 is 0.974 bits per heavy atom. The van der Waals surface area contributed by atoms with Crippen LogP contribution in [-0.4, -0.2) is 16.8 Å². The quantitative estimate of drug-likeness (QED) is 0.301. The van der Waals surface area contributed by atoms with Gasteiger partial charge < -0.3 is 5.32 Å². The molecular weight excluding hydrogens is 492 g/mol. The molecule has 38 heavy (non-hydrogen) atoms. The van der Waals surface area contributed by atoms with Crippen LogP contribution in [0.2, 0.25) is 0 Å². The van der Waals surface area contributed by atoms with Gasteiger partial charge in [0.1, 0.15) is 5.01 Å². The van der Waals surface area contributed by atoms with Crippen LogP contribution in [0.1, 0.15) is 28.4 Å². The summed E-state index contributed by atoms with van der Waals surface area (Å²) in [7, 11) is 0. The largest absolute Gasteiger partial charge is 0.323 e. The summed E-state index contributed by atoms with van der Waals surface area (Å²) >= 11 is 1.65. The molecule has 7 heteroatoms. The third-order valence-electron chi connectivity index (χ3n) is 7.00. The number of rotatable bonds is 4. The summed E-state index contributed by atoms with van der Waals surface area (Å²) in [6.45, 7) is 6.18. The minimum Gasteiger partial charge on any atom is -0.323 e. The van der Waals surface area contributed by atoms with E-state index in [1.54, 1.807) is 16.2 Å². The number of pyridine rings is 1. The summed E-state index contributed by atoms with van der Waals surface area (Å²) in [5.41, 5.74) is 7.32. The average molecular weight is 520 g/mol. The summed E-state index contributed by atoms with van der Waals surface area (Å²) in [6.07, 6.45) is 1.85. The zero-order chi connectivity index (χ0) is 26.4. The van der Waals surface area contributed by atoms with Crippen molar-refractivity contribution in [3.63, 3.8) is 0 Å². The Balaban J connectivity index is 1.38. The number of nitrogens with zero attached hydrogens (tertiary/aromatic N) is 3. The van der Waals surface area contributed by atoms with Crippen molar-refractivity contribution in [1.82, 2.24) is 4.98 Å². The van der Waals surface area contributed by atoms with Crippen LogP contribution in [0.25, 0.3) is 20.8 Å². The predicted molar refractivity (Wildman–Crippen MR) is 151 cm³/mol. The van der Waals surface area contributed by atoms with E-state index in [1.807, 2.05) is 91.3 Å². The van der Waals surface area contributed by atoms with Crippen LogP contribution in [0.5, 0.6) is 0 Å². The van der Waals surface area contributed by atoms with Crippen molar-refractivity contribution >= 4 is 44.7 Å². The minimum absolute atomic E-state index is 0.140. The average Bonchev–Trinajstić information content (AvgIpc) is 3.33. The molecule has 1 N–H and O–H groups in total. The molecule has 0 saturated carbocycles. The van der Waals surface area contributed by atoms with Gasteiger partial charge in [-0.15, -0.1) is 11.3 Å². The number of hydrogen-bond acceptors (Lipinski definition) is 4. The Bertz CT molecular complexity index is 1690. The summed E-state index contributed by atoms with van der Waals surface area (Å²) in [4.78, 5) is 33.7. The van der Waals surface area contributed by atoms with E-state index >= 15 is 0 Å². The molecule has 0 fully saturated rings. The lowest BCUT2D eigenvalue weighted by atomic mass is 10.0. The number of carbonyl (C=O) groups is 2. The standard InChI is InChI=1S/C31H26N4O2S/c1-19-10-15-24-26(17-19)38-31(32-24)22-11-13-23(14-12-22)35-27(36)18-34-16-5-4-9-25(34)29(35)30(37)33-28-20(2)7-6-8-21(28)3/h4-17,29H,18H2,1-3H3/p+1/t29-/m0/s1. The lowest BCUT2D eigenvalue weighted by Crippen LogP contribution is -2.58. The number of anilines is 2. The van der Waals surface area contributed by atoms with Crippen LogP contribution in [0, 0.1) is 20.8 Å². The number of para-hydroxylation sites is 1. The van der Waals surface area contributed by atoms with E-state index in [4.69, 9.17) is 4.98 Å². The number of benzene rings is 3. The highest BCUT2D eigenvalue weighted by atomic mass is 32.1. The van der Waals surface area contributed by atoms with E-state index in [1.165, 1.54) is 5.56 Å². The normalized spacial score (nSPS) is 15.0. The number of hydrogen-bond donors (Lipinski definition) is 1. The van der Waals surface area contributed by atoms with Gasteiger partial charge in [-0.25, -0.2) is 4.98 Å². The summed E-state index contributed by atoms with van der Waals surface area (Å²) in [5.74, 6) is -0.389. The first-order valence-corrected chi connectivity index (χ1v) is 13.4. The molecule has 0 unspecified atom stereocenters. The van der Waals surface area contributed by atoms with Crippen LogP contribution in [0.15, 0.2) is 85.1 Å². The highest BCUT2D eigenvalue weighted by molar-refractivity contribution is 7.21. The van der Waals surface area contributed by atoms with Crippen LogP contribution >= 0.6 is 11.3 Å². The smallest absolute Gasteiger partial charge is 0.294 e. The van der Waals surface area contributed by atoms with Gasteiger partial charge in [-0.3, -0.25) is 14.5 Å². The number of fused-ring (bicyclic) bond motifs is 2. The SMILES string of the molecule is Cc1ccc2nc(-c3ccc(N4C(=O)C[n+]5ccccc5[C@H]4C(=O)Nc4c(C)cccc4C)cc3)sc2c1. The molecule has 6 nitrogen and oxygen atoms in total. The molecule has 1 aliphatic heterocycles. The second kappa shape index (κ2) is 9.50. The fraction of sp³-hybridized carbons (Fsp3) is 0.161. The van der Waals surface area contributed by atoms with Crippen LogP contribution < -0.4 is 14.8 Å². The fourth-order valence-corrected chi connectivity index (χ4v) is 6.12. The first kappa shape index (κ1) is 24.0. The van der Waals surface area contributed by atoms with Crippen molar-refractivity contribution in [1.29, 1.82) is 0 Å². The van der Waals surface area contributed by atoms with Crippen LogP contribution in [-0.2, 0) is 16.1 Å². The van der Waals surface area contributed by atoms with E-state index in [0.717, 1.165) is 43.3 Å². The van der Waals surface area contributed by atoms with Gasteiger partial charge in [-0.05, 0) is 73.9 Å². The number of aromatic nitrogens is 2. The summed E-state index contributed by atoms with van der Waals surface area (Å²) in [6, 6.07) is 24.8. The van der Waals surface area contributed by atoms with Crippen LogP contribution in [0.3, 0.4) is 0 Å². The maximum absolute atomic E-state index is 13.9. The number of carbonyl (C=O) groups excluding carboxylic acids is 2. The Kier molecular flexibility index (Phi) is 6.00. The molecule has 3 aromatic carbocycles. The van der Waals surface area contributed by atoms with Gasteiger partial charge in [-0.2, -0.15) is 4.57 Å². The molecule has 1 atom stereocenters. The molecule has 0 spiro atoms. The van der Waals surface area contributed by atoms with Gasteiger partial charge in [0.05, 0.1) is 10.2 Å². The highest BCUT2D eigenvalue weighted by Crippen LogP contribution is 2.35. The maximum Gasteiger partial charge on any atom is 0.294 e. The maximum atomic E-state index is 13.9. The van der Waals surface area contributed by atoms with E-state index < -0.39 is 6.04 Å². The van der Waals surface area contributed by atoms with Crippen molar-refractivity contribution in [2.45, 2.75) is 33.4 Å². The second-order valence-corrected chi connectivity index (χ2v) is 10.7. The third kappa shape index (κ3) is 4.25. The number of aryl methyl sites for hydroxylation is 3. The zero-order valence-electron chi connectivity index (χ0n) is 21.4. The van der Waals surface area contributed by atoms with Gasteiger partial charge >= 0.3 is 0 Å².